The highest BCUT2D eigenvalue weighted by Crippen LogP contribution is 2.40. The molecule has 0 saturated heterocycles. The van der Waals surface area contributed by atoms with Gasteiger partial charge < -0.3 is 31.1 Å². The number of aromatic nitrogens is 1. The normalized spacial score (nSPS) is 19.0. The number of carbonyl (C=O) groups is 4. The molecule has 4 atom stereocenters. The minimum absolute atomic E-state index is 0.00874. The summed E-state index contributed by atoms with van der Waals surface area (Å²) >= 11 is 0. The zero-order chi connectivity index (χ0) is 37.5. The van der Waals surface area contributed by atoms with Crippen molar-refractivity contribution < 1.29 is 19.2 Å². The second-order valence-electron chi connectivity index (χ2n) is 13.9. The lowest BCUT2D eigenvalue weighted by Crippen LogP contribution is -2.44. The molecular formula is C42H49N7O4. The summed E-state index contributed by atoms with van der Waals surface area (Å²) in [6.07, 6.45) is 4.87. The third-order valence-electron chi connectivity index (χ3n) is 10.0. The van der Waals surface area contributed by atoms with Crippen LogP contribution in [0.4, 0.5) is 34.3 Å². The van der Waals surface area contributed by atoms with Crippen molar-refractivity contribution in [2.75, 3.05) is 31.1 Å². The Morgan fingerprint density at radius 1 is 0.623 bits per heavy atom. The molecule has 0 spiro atoms. The van der Waals surface area contributed by atoms with E-state index in [0.717, 1.165) is 41.0 Å². The molecule has 4 amide bonds. The van der Waals surface area contributed by atoms with Crippen LogP contribution in [-0.4, -0.2) is 40.7 Å². The van der Waals surface area contributed by atoms with Crippen molar-refractivity contribution >= 4 is 57.9 Å². The maximum Gasteiger partial charge on any atom is 0.226 e. The molecule has 2 aliphatic rings. The Balaban J connectivity index is 0.944. The molecule has 6 rings (SSSR count). The minimum Gasteiger partial charge on any atom is -0.378 e. The number of nitrogens with one attached hydrogen (secondary N) is 4. The molecule has 0 fully saturated rings. The van der Waals surface area contributed by atoms with E-state index in [1.54, 1.807) is 12.3 Å². The third kappa shape index (κ3) is 8.68. The van der Waals surface area contributed by atoms with Gasteiger partial charge in [-0.05, 0) is 92.8 Å². The van der Waals surface area contributed by atoms with Gasteiger partial charge >= 0.3 is 0 Å². The Kier molecular flexibility index (Phi) is 11.7. The average molecular weight is 716 g/mol. The first-order chi connectivity index (χ1) is 25.6. The zero-order valence-corrected chi connectivity index (χ0v) is 30.9. The molecule has 0 radical (unpaired) electrons. The van der Waals surface area contributed by atoms with Gasteiger partial charge in [-0.1, -0.05) is 50.2 Å². The fraction of sp³-hybridized carbons (Fsp3) is 0.357. The van der Waals surface area contributed by atoms with Gasteiger partial charge in [0.15, 0.2) is 0 Å². The van der Waals surface area contributed by atoms with Crippen LogP contribution in [0.2, 0.25) is 0 Å². The van der Waals surface area contributed by atoms with Gasteiger partial charge in [-0.3, -0.25) is 19.2 Å². The van der Waals surface area contributed by atoms with Gasteiger partial charge in [0.2, 0.25) is 23.6 Å². The largest absolute Gasteiger partial charge is 0.378 e. The van der Waals surface area contributed by atoms with Crippen LogP contribution in [0.15, 0.2) is 91.1 Å². The van der Waals surface area contributed by atoms with Crippen LogP contribution < -0.4 is 31.1 Å². The Hall–Kier alpha value is -5.71. The van der Waals surface area contributed by atoms with Gasteiger partial charge in [-0.2, -0.15) is 0 Å². The SMILES string of the molecule is CCC(=O)N1c2ccccc2[C@H](Nc2ccc(NC(=O)CCCC(=O)Nc3ccc(N[C@@H]4C[C@H](C)N(C(=O)CC)c5ccccc54)nc3)cc2)C[C@@H]1C. The van der Waals surface area contributed by atoms with E-state index >= 15 is 0 Å². The quantitative estimate of drug-likeness (QED) is 0.116. The number of hydrogen-bond acceptors (Lipinski definition) is 7. The van der Waals surface area contributed by atoms with Crippen molar-refractivity contribution in [2.45, 2.75) is 96.8 Å². The molecule has 3 heterocycles. The number of anilines is 6. The summed E-state index contributed by atoms with van der Waals surface area (Å²) in [7, 11) is 0. The topological polar surface area (TPSA) is 136 Å². The van der Waals surface area contributed by atoms with Gasteiger partial charge in [0, 0.05) is 60.5 Å². The molecule has 2 aliphatic heterocycles. The van der Waals surface area contributed by atoms with Crippen molar-refractivity contribution in [1.29, 1.82) is 0 Å². The molecule has 0 unspecified atom stereocenters. The number of hydrogen-bond donors (Lipinski definition) is 4. The second kappa shape index (κ2) is 16.8. The van der Waals surface area contributed by atoms with Gasteiger partial charge in [0.1, 0.15) is 5.82 Å². The first-order valence-corrected chi connectivity index (χ1v) is 18.7. The Labute approximate surface area is 311 Å². The number of rotatable bonds is 12. The van der Waals surface area contributed by atoms with Gasteiger partial charge in [0.25, 0.3) is 0 Å². The third-order valence-corrected chi connectivity index (χ3v) is 10.0. The van der Waals surface area contributed by atoms with Crippen LogP contribution in [-0.2, 0) is 19.2 Å². The number of carbonyl (C=O) groups excluding carboxylic acids is 4. The first-order valence-electron chi connectivity index (χ1n) is 18.7. The van der Waals surface area contributed by atoms with Crippen molar-refractivity contribution in [3.63, 3.8) is 0 Å². The average Bonchev–Trinajstić information content (AvgIpc) is 3.16. The van der Waals surface area contributed by atoms with Crippen molar-refractivity contribution in [2.24, 2.45) is 0 Å². The van der Waals surface area contributed by atoms with E-state index in [0.29, 0.717) is 36.5 Å². The maximum atomic E-state index is 12.7. The second-order valence-corrected chi connectivity index (χ2v) is 13.9. The first kappa shape index (κ1) is 37.1. The molecule has 0 aliphatic carbocycles. The molecule has 11 heteroatoms. The summed E-state index contributed by atoms with van der Waals surface area (Å²) in [5.41, 5.74) is 6.20. The minimum atomic E-state index is -0.188. The smallest absolute Gasteiger partial charge is 0.226 e. The van der Waals surface area contributed by atoms with Crippen LogP contribution in [0.3, 0.4) is 0 Å². The summed E-state index contributed by atoms with van der Waals surface area (Å²) in [5.74, 6) is 0.561. The highest BCUT2D eigenvalue weighted by atomic mass is 16.2. The molecule has 276 valence electrons. The monoisotopic (exact) mass is 715 g/mol. The van der Waals surface area contributed by atoms with E-state index < -0.39 is 0 Å². The Bertz CT molecular complexity index is 1790. The van der Waals surface area contributed by atoms with Crippen LogP contribution in [0.1, 0.15) is 95.9 Å². The Morgan fingerprint density at radius 3 is 1.60 bits per heavy atom. The molecule has 3 aromatic carbocycles. The molecule has 4 N–H and O–H groups in total. The van der Waals surface area contributed by atoms with E-state index in [1.807, 2.05) is 96.4 Å². The lowest BCUT2D eigenvalue weighted by molar-refractivity contribution is -0.119. The van der Waals surface area contributed by atoms with E-state index in [4.69, 9.17) is 0 Å². The van der Waals surface area contributed by atoms with Crippen molar-refractivity contribution in [3.05, 3.63) is 102 Å². The number of nitrogens with zero attached hydrogens (tertiary/aromatic N) is 3. The Morgan fingerprint density at radius 2 is 1.09 bits per heavy atom. The van der Waals surface area contributed by atoms with Crippen LogP contribution >= 0.6 is 0 Å². The van der Waals surface area contributed by atoms with Gasteiger partial charge in [0.05, 0.1) is 24.0 Å². The van der Waals surface area contributed by atoms with Crippen molar-refractivity contribution in [1.82, 2.24) is 4.98 Å². The number of fused-ring (bicyclic) bond motifs is 2. The standard InChI is InChI=1S/C42H49N7O4/c1-5-41(52)48-27(3)24-34(32-12-7-9-14-36(32)48)44-29-18-20-30(21-19-29)45-39(50)16-11-17-40(51)46-31-22-23-38(43-26-31)47-35-25-28(4)49(42(53)6-2)37-15-10-8-13-33(35)37/h7-10,12-15,18-23,26-28,34-35,44H,5-6,11,16-17,24-25H2,1-4H3,(H,43,47)(H,45,50)(H,46,51)/t27-,28-,34+,35+/m0/s1. The summed E-state index contributed by atoms with van der Waals surface area (Å²) < 4.78 is 0. The highest BCUT2D eigenvalue weighted by Gasteiger charge is 2.34. The number of para-hydroxylation sites is 2. The molecule has 0 saturated carbocycles. The predicted octanol–water partition coefficient (Wildman–Crippen LogP) is 8.21. The lowest BCUT2D eigenvalue weighted by atomic mass is 9.91. The number of pyridine rings is 1. The molecule has 11 nitrogen and oxygen atoms in total. The predicted molar refractivity (Wildman–Crippen MR) is 211 cm³/mol. The molecule has 53 heavy (non-hydrogen) atoms. The summed E-state index contributed by atoms with van der Waals surface area (Å²) in [5, 5.41) is 12.9. The summed E-state index contributed by atoms with van der Waals surface area (Å²) in [4.78, 5) is 59.0. The zero-order valence-electron chi connectivity index (χ0n) is 30.9. The molecule has 0 bridgehead atoms. The molecular weight excluding hydrogens is 667 g/mol. The fourth-order valence-electron chi connectivity index (χ4n) is 7.44. The van der Waals surface area contributed by atoms with Crippen molar-refractivity contribution in [3.8, 4) is 0 Å². The van der Waals surface area contributed by atoms with E-state index in [9.17, 15) is 19.2 Å². The van der Waals surface area contributed by atoms with Crippen LogP contribution in [0, 0.1) is 0 Å². The van der Waals surface area contributed by atoms with E-state index in [1.165, 1.54) is 0 Å². The summed E-state index contributed by atoms with van der Waals surface area (Å²) in [6.45, 7) is 7.92. The number of amides is 4. The van der Waals surface area contributed by atoms with Gasteiger partial charge in [-0.15, -0.1) is 0 Å². The van der Waals surface area contributed by atoms with E-state index in [2.05, 4.69) is 46.2 Å². The lowest BCUT2D eigenvalue weighted by Gasteiger charge is -2.40. The molecule has 4 aromatic rings. The van der Waals surface area contributed by atoms with Crippen LogP contribution in [0.5, 0.6) is 0 Å². The van der Waals surface area contributed by atoms with Crippen LogP contribution in [0.25, 0.3) is 0 Å². The fourth-order valence-corrected chi connectivity index (χ4v) is 7.44. The van der Waals surface area contributed by atoms with E-state index in [-0.39, 0.29) is 60.6 Å². The van der Waals surface area contributed by atoms with Gasteiger partial charge in [-0.25, -0.2) is 4.98 Å². The highest BCUT2D eigenvalue weighted by molar-refractivity contribution is 5.96. The maximum absolute atomic E-state index is 12.7. The molecule has 1 aromatic heterocycles. The number of benzene rings is 3. The summed E-state index contributed by atoms with van der Waals surface area (Å²) in [6, 6.07) is 27.4.